The summed E-state index contributed by atoms with van der Waals surface area (Å²) in [5, 5.41) is 0. The molecule has 2 aromatic carbocycles. The summed E-state index contributed by atoms with van der Waals surface area (Å²) in [5.41, 5.74) is 15.0. The van der Waals surface area contributed by atoms with Gasteiger partial charge in [-0.1, -0.05) is 48.5 Å². The Bertz CT molecular complexity index is 451. The Morgan fingerprint density at radius 3 is 2.12 bits per heavy atom. The molecule has 82 valence electrons. The van der Waals surface area contributed by atoms with Crippen molar-refractivity contribution in [2.24, 2.45) is 5.73 Å². The van der Waals surface area contributed by atoms with Gasteiger partial charge in [-0.15, -0.1) is 0 Å². The van der Waals surface area contributed by atoms with Crippen molar-refractivity contribution in [3.8, 4) is 0 Å². The fourth-order valence-corrected chi connectivity index (χ4v) is 1.96. The minimum atomic E-state index is 0.183. The summed E-state index contributed by atoms with van der Waals surface area (Å²) in [6, 6.07) is 18.1. The molecule has 0 saturated carbocycles. The van der Waals surface area contributed by atoms with E-state index in [1.54, 1.807) is 0 Å². The van der Waals surface area contributed by atoms with Gasteiger partial charge >= 0.3 is 0 Å². The van der Waals surface area contributed by atoms with E-state index in [4.69, 9.17) is 11.5 Å². The van der Waals surface area contributed by atoms with E-state index in [0.717, 1.165) is 11.3 Å². The first-order chi connectivity index (χ1) is 7.83. The number of nitrogens with two attached hydrogens (primary N) is 2. The molecule has 0 radical (unpaired) electrons. The molecule has 0 heterocycles. The lowest BCUT2D eigenvalue weighted by atomic mass is 9.90. The first-order valence-corrected chi connectivity index (χ1v) is 5.42. The Hall–Kier alpha value is -1.80. The summed E-state index contributed by atoms with van der Waals surface area (Å²) in [5.74, 6) is 0.183. The lowest BCUT2D eigenvalue weighted by molar-refractivity contribution is 0.821. The molecule has 0 amide bonds. The van der Waals surface area contributed by atoms with Crippen molar-refractivity contribution in [1.82, 2.24) is 0 Å². The molecule has 0 spiro atoms. The van der Waals surface area contributed by atoms with Gasteiger partial charge in [0, 0.05) is 18.2 Å². The van der Waals surface area contributed by atoms with Crippen LogP contribution in [-0.2, 0) is 0 Å². The zero-order valence-electron chi connectivity index (χ0n) is 9.14. The Morgan fingerprint density at radius 1 is 0.875 bits per heavy atom. The molecule has 0 aliphatic heterocycles. The molecule has 2 aromatic rings. The minimum absolute atomic E-state index is 0.183. The van der Waals surface area contributed by atoms with Crippen molar-refractivity contribution in [2.45, 2.75) is 5.92 Å². The number of nitrogen functional groups attached to an aromatic ring is 1. The van der Waals surface area contributed by atoms with Gasteiger partial charge in [-0.05, 0) is 17.2 Å². The summed E-state index contributed by atoms with van der Waals surface area (Å²) < 4.78 is 0. The van der Waals surface area contributed by atoms with Gasteiger partial charge in [0.15, 0.2) is 0 Å². The Morgan fingerprint density at radius 2 is 1.50 bits per heavy atom. The van der Waals surface area contributed by atoms with Gasteiger partial charge in [-0.25, -0.2) is 0 Å². The molecule has 2 nitrogen and oxygen atoms in total. The molecule has 0 saturated heterocycles. The Kier molecular flexibility index (Phi) is 3.22. The molecule has 1 unspecified atom stereocenters. The number of rotatable bonds is 3. The molecular weight excluding hydrogens is 196 g/mol. The van der Waals surface area contributed by atoms with Crippen molar-refractivity contribution in [1.29, 1.82) is 0 Å². The van der Waals surface area contributed by atoms with Crippen LogP contribution in [0, 0.1) is 0 Å². The molecule has 2 heteroatoms. The van der Waals surface area contributed by atoms with E-state index in [0.29, 0.717) is 6.54 Å². The van der Waals surface area contributed by atoms with Gasteiger partial charge in [0.1, 0.15) is 0 Å². The minimum Gasteiger partial charge on any atom is -0.398 e. The van der Waals surface area contributed by atoms with Crippen LogP contribution in [0.4, 0.5) is 5.69 Å². The van der Waals surface area contributed by atoms with Crippen molar-refractivity contribution in [2.75, 3.05) is 12.3 Å². The van der Waals surface area contributed by atoms with E-state index < -0.39 is 0 Å². The summed E-state index contributed by atoms with van der Waals surface area (Å²) in [7, 11) is 0. The fraction of sp³-hybridized carbons (Fsp3) is 0.143. The van der Waals surface area contributed by atoms with Crippen LogP contribution >= 0.6 is 0 Å². The highest BCUT2D eigenvalue weighted by Gasteiger charge is 2.13. The molecule has 0 aromatic heterocycles. The molecule has 0 aliphatic carbocycles. The third kappa shape index (κ3) is 2.07. The average molecular weight is 212 g/mol. The van der Waals surface area contributed by atoms with Crippen molar-refractivity contribution < 1.29 is 0 Å². The summed E-state index contributed by atoms with van der Waals surface area (Å²) >= 11 is 0. The van der Waals surface area contributed by atoms with E-state index in [1.165, 1.54) is 5.56 Å². The predicted molar refractivity (Wildman–Crippen MR) is 68.2 cm³/mol. The Labute approximate surface area is 95.9 Å². The van der Waals surface area contributed by atoms with Crippen molar-refractivity contribution in [3.63, 3.8) is 0 Å². The number of hydrogen-bond acceptors (Lipinski definition) is 2. The highest BCUT2D eigenvalue weighted by Crippen LogP contribution is 2.27. The summed E-state index contributed by atoms with van der Waals surface area (Å²) in [4.78, 5) is 0. The van der Waals surface area contributed by atoms with E-state index in [-0.39, 0.29) is 5.92 Å². The maximum absolute atomic E-state index is 5.98. The molecule has 16 heavy (non-hydrogen) atoms. The Balaban J connectivity index is 2.41. The molecule has 4 N–H and O–H groups in total. The summed E-state index contributed by atoms with van der Waals surface area (Å²) in [6.07, 6.45) is 0. The maximum atomic E-state index is 5.98. The standard InChI is InChI=1S/C14H16N2/c15-10-13(11-6-2-1-3-7-11)12-8-4-5-9-14(12)16/h1-9,13H,10,15-16H2. The number of anilines is 1. The van der Waals surface area contributed by atoms with Crippen LogP contribution in [0.2, 0.25) is 0 Å². The average Bonchev–Trinajstić information content (AvgIpc) is 2.34. The lowest BCUT2D eigenvalue weighted by Crippen LogP contribution is -2.15. The van der Waals surface area contributed by atoms with E-state index >= 15 is 0 Å². The van der Waals surface area contributed by atoms with E-state index in [1.807, 2.05) is 42.5 Å². The third-order valence-electron chi connectivity index (χ3n) is 2.81. The van der Waals surface area contributed by atoms with E-state index in [2.05, 4.69) is 12.1 Å². The van der Waals surface area contributed by atoms with Crippen LogP contribution in [0.5, 0.6) is 0 Å². The first-order valence-electron chi connectivity index (χ1n) is 5.42. The van der Waals surface area contributed by atoms with Crippen LogP contribution in [0.3, 0.4) is 0 Å². The highest BCUT2D eigenvalue weighted by atomic mass is 14.6. The van der Waals surface area contributed by atoms with Crippen LogP contribution in [0.25, 0.3) is 0 Å². The van der Waals surface area contributed by atoms with Gasteiger partial charge < -0.3 is 11.5 Å². The second-order valence-corrected chi connectivity index (χ2v) is 3.83. The molecule has 0 fully saturated rings. The highest BCUT2D eigenvalue weighted by molar-refractivity contribution is 5.51. The third-order valence-corrected chi connectivity index (χ3v) is 2.81. The van der Waals surface area contributed by atoms with Crippen LogP contribution in [0.1, 0.15) is 17.0 Å². The van der Waals surface area contributed by atoms with Gasteiger partial charge in [-0.2, -0.15) is 0 Å². The van der Waals surface area contributed by atoms with Crippen LogP contribution in [0.15, 0.2) is 54.6 Å². The predicted octanol–water partition coefficient (Wildman–Crippen LogP) is 2.36. The molecular formula is C14H16N2. The molecule has 0 bridgehead atoms. The topological polar surface area (TPSA) is 52.0 Å². The fourth-order valence-electron chi connectivity index (χ4n) is 1.96. The lowest BCUT2D eigenvalue weighted by Gasteiger charge is -2.17. The zero-order chi connectivity index (χ0) is 11.4. The van der Waals surface area contributed by atoms with Gasteiger partial charge in [-0.3, -0.25) is 0 Å². The van der Waals surface area contributed by atoms with Gasteiger partial charge in [0.25, 0.3) is 0 Å². The SMILES string of the molecule is NCC(c1ccccc1)c1ccccc1N. The zero-order valence-corrected chi connectivity index (χ0v) is 9.14. The van der Waals surface area contributed by atoms with E-state index in [9.17, 15) is 0 Å². The molecule has 1 atom stereocenters. The van der Waals surface area contributed by atoms with Crippen LogP contribution < -0.4 is 11.5 Å². The normalized spacial score (nSPS) is 12.3. The van der Waals surface area contributed by atoms with Crippen LogP contribution in [-0.4, -0.2) is 6.54 Å². The maximum Gasteiger partial charge on any atom is 0.0353 e. The van der Waals surface area contributed by atoms with Gasteiger partial charge in [0.2, 0.25) is 0 Å². The van der Waals surface area contributed by atoms with Crippen molar-refractivity contribution in [3.05, 3.63) is 65.7 Å². The quantitative estimate of drug-likeness (QED) is 0.767. The molecule has 2 rings (SSSR count). The smallest absolute Gasteiger partial charge is 0.0353 e. The monoisotopic (exact) mass is 212 g/mol. The van der Waals surface area contributed by atoms with Crippen molar-refractivity contribution >= 4 is 5.69 Å². The summed E-state index contributed by atoms with van der Waals surface area (Å²) in [6.45, 7) is 0.568. The largest absolute Gasteiger partial charge is 0.398 e. The second-order valence-electron chi connectivity index (χ2n) is 3.83. The first kappa shape index (κ1) is 10.7. The second kappa shape index (κ2) is 4.81. The molecule has 0 aliphatic rings. The number of benzene rings is 2. The van der Waals surface area contributed by atoms with Gasteiger partial charge in [0.05, 0.1) is 0 Å². The number of hydrogen-bond donors (Lipinski definition) is 2. The number of para-hydroxylation sites is 1.